The van der Waals surface area contributed by atoms with Crippen LogP contribution in [0.25, 0.3) is 0 Å². The Balaban J connectivity index is 2.06. The Morgan fingerprint density at radius 1 is 1.15 bits per heavy atom. The summed E-state index contributed by atoms with van der Waals surface area (Å²) in [7, 11) is 0. The summed E-state index contributed by atoms with van der Waals surface area (Å²) >= 11 is 3.40. The number of carbonyl (C=O) groups excluding carboxylic acids is 1. The number of nitrogens with one attached hydrogen (secondary N) is 1. The molecule has 104 valence electrons. The van der Waals surface area contributed by atoms with E-state index in [1.165, 1.54) is 11.1 Å². The van der Waals surface area contributed by atoms with Crippen molar-refractivity contribution in [3.8, 4) is 0 Å². The van der Waals surface area contributed by atoms with Crippen molar-refractivity contribution in [2.45, 2.75) is 25.7 Å². The Hall–Kier alpha value is -1.61. The van der Waals surface area contributed by atoms with Crippen molar-refractivity contribution in [2.24, 2.45) is 0 Å². The first-order valence-electron chi connectivity index (χ1n) is 6.59. The fourth-order valence-corrected chi connectivity index (χ4v) is 2.41. The summed E-state index contributed by atoms with van der Waals surface area (Å²) in [6, 6.07) is 13.9. The average molecular weight is 332 g/mol. The molecule has 0 atom stereocenters. The molecular formula is C17H18BrNO. The number of amides is 1. The van der Waals surface area contributed by atoms with Gasteiger partial charge in [0.15, 0.2) is 0 Å². The molecule has 0 aromatic heterocycles. The first kappa shape index (κ1) is 14.8. The predicted octanol–water partition coefficient (Wildman–Crippen LogP) is 4.13. The minimum absolute atomic E-state index is 0.0336. The second kappa shape index (κ2) is 6.71. The molecule has 0 aliphatic carbocycles. The van der Waals surface area contributed by atoms with E-state index in [1.54, 1.807) is 0 Å². The molecule has 0 heterocycles. The summed E-state index contributed by atoms with van der Waals surface area (Å²) in [5, 5.41) is 3.74. The molecule has 2 aromatic carbocycles. The normalized spacial score (nSPS) is 10.3. The van der Waals surface area contributed by atoms with Gasteiger partial charge in [0.25, 0.3) is 5.91 Å². The Morgan fingerprint density at radius 3 is 2.70 bits per heavy atom. The standard InChI is InChI=1S/C17H18BrNO/c1-12-6-7-13(2)16(8-12)11-19-17(20)15-5-3-4-14(9-15)10-18/h3-9H,10-11H2,1-2H3,(H,19,20). The molecule has 0 unspecified atom stereocenters. The Morgan fingerprint density at radius 2 is 1.95 bits per heavy atom. The average Bonchev–Trinajstić information content (AvgIpc) is 2.48. The summed E-state index contributed by atoms with van der Waals surface area (Å²) in [4.78, 5) is 12.2. The zero-order valence-corrected chi connectivity index (χ0v) is 13.3. The van der Waals surface area contributed by atoms with E-state index in [4.69, 9.17) is 0 Å². The molecule has 0 fully saturated rings. The number of alkyl halides is 1. The molecule has 0 aliphatic rings. The highest BCUT2D eigenvalue weighted by Gasteiger charge is 2.07. The summed E-state index contributed by atoms with van der Waals surface area (Å²) in [6.45, 7) is 4.68. The van der Waals surface area contributed by atoms with Gasteiger partial charge >= 0.3 is 0 Å². The number of aryl methyl sites for hydroxylation is 2. The highest BCUT2D eigenvalue weighted by atomic mass is 79.9. The second-order valence-electron chi connectivity index (χ2n) is 4.95. The zero-order valence-electron chi connectivity index (χ0n) is 11.7. The van der Waals surface area contributed by atoms with Gasteiger partial charge in [-0.15, -0.1) is 0 Å². The quantitative estimate of drug-likeness (QED) is 0.838. The van der Waals surface area contributed by atoms with E-state index in [-0.39, 0.29) is 5.91 Å². The van der Waals surface area contributed by atoms with E-state index < -0.39 is 0 Å². The fraction of sp³-hybridized carbons (Fsp3) is 0.235. The minimum atomic E-state index is -0.0336. The molecule has 2 nitrogen and oxygen atoms in total. The third-order valence-electron chi connectivity index (χ3n) is 3.29. The monoisotopic (exact) mass is 331 g/mol. The number of benzene rings is 2. The van der Waals surface area contributed by atoms with Crippen LogP contribution in [0.15, 0.2) is 42.5 Å². The van der Waals surface area contributed by atoms with E-state index in [1.807, 2.05) is 24.3 Å². The number of rotatable bonds is 4. The number of halogens is 1. The Kier molecular flexibility index (Phi) is 4.96. The lowest BCUT2D eigenvalue weighted by atomic mass is 10.1. The molecule has 2 rings (SSSR count). The first-order valence-corrected chi connectivity index (χ1v) is 7.71. The van der Waals surface area contributed by atoms with Crippen molar-refractivity contribution in [2.75, 3.05) is 0 Å². The largest absolute Gasteiger partial charge is 0.348 e. The third kappa shape index (κ3) is 3.70. The highest BCUT2D eigenvalue weighted by molar-refractivity contribution is 9.08. The van der Waals surface area contributed by atoms with Crippen LogP contribution in [0.5, 0.6) is 0 Å². The molecule has 1 N–H and O–H groups in total. The SMILES string of the molecule is Cc1ccc(C)c(CNC(=O)c2cccc(CBr)c2)c1. The maximum absolute atomic E-state index is 12.2. The van der Waals surface area contributed by atoms with Crippen molar-refractivity contribution in [3.63, 3.8) is 0 Å². The van der Waals surface area contributed by atoms with Crippen LogP contribution in [-0.4, -0.2) is 5.91 Å². The maximum Gasteiger partial charge on any atom is 0.251 e. The number of hydrogen-bond acceptors (Lipinski definition) is 1. The highest BCUT2D eigenvalue weighted by Crippen LogP contribution is 2.12. The van der Waals surface area contributed by atoms with Gasteiger partial charge in [-0.3, -0.25) is 4.79 Å². The van der Waals surface area contributed by atoms with Gasteiger partial charge < -0.3 is 5.32 Å². The predicted molar refractivity (Wildman–Crippen MR) is 86.2 cm³/mol. The molecule has 0 spiro atoms. The molecule has 3 heteroatoms. The number of carbonyl (C=O) groups is 1. The Bertz CT molecular complexity index is 622. The van der Waals surface area contributed by atoms with Crippen molar-refractivity contribution in [3.05, 3.63) is 70.3 Å². The van der Waals surface area contributed by atoms with E-state index in [0.717, 1.165) is 16.5 Å². The molecule has 0 aliphatic heterocycles. The van der Waals surface area contributed by atoms with Gasteiger partial charge in [0.1, 0.15) is 0 Å². The van der Waals surface area contributed by atoms with Gasteiger partial charge in [-0.05, 0) is 42.7 Å². The first-order chi connectivity index (χ1) is 9.60. The third-order valence-corrected chi connectivity index (χ3v) is 3.93. The lowest BCUT2D eigenvalue weighted by Gasteiger charge is -2.09. The van der Waals surface area contributed by atoms with Crippen molar-refractivity contribution in [1.82, 2.24) is 5.32 Å². The summed E-state index contributed by atoms with van der Waals surface area (Å²) in [6.07, 6.45) is 0. The lowest BCUT2D eigenvalue weighted by Crippen LogP contribution is -2.23. The van der Waals surface area contributed by atoms with Crippen molar-refractivity contribution in [1.29, 1.82) is 0 Å². The van der Waals surface area contributed by atoms with Gasteiger partial charge in [0.2, 0.25) is 0 Å². The molecule has 1 amide bonds. The van der Waals surface area contributed by atoms with Crippen molar-refractivity contribution < 1.29 is 4.79 Å². The zero-order chi connectivity index (χ0) is 14.5. The minimum Gasteiger partial charge on any atom is -0.348 e. The number of hydrogen-bond donors (Lipinski definition) is 1. The second-order valence-corrected chi connectivity index (χ2v) is 5.51. The van der Waals surface area contributed by atoms with Crippen LogP contribution in [0.3, 0.4) is 0 Å². The smallest absolute Gasteiger partial charge is 0.251 e. The maximum atomic E-state index is 12.2. The van der Waals surface area contributed by atoms with Gasteiger partial charge in [-0.2, -0.15) is 0 Å². The summed E-state index contributed by atoms with van der Waals surface area (Å²) < 4.78 is 0. The fourth-order valence-electron chi connectivity index (χ4n) is 2.06. The van der Waals surface area contributed by atoms with Crippen LogP contribution in [-0.2, 0) is 11.9 Å². The van der Waals surface area contributed by atoms with Crippen LogP contribution < -0.4 is 5.32 Å². The molecular weight excluding hydrogens is 314 g/mol. The van der Waals surface area contributed by atoms with Crippen LogP contribution in [0, 0.1) is 13.8 Å². The van der Waals surface area contributed by atoms with E-state index >= 15 is 0 Å². The van der Waals surface area contributed by atoms with Crippen LogP contribution in [0.4, 0.5) is 0 Å². The molecule has 20 heavy (non-hydrogen) atoms. The topological polar surface area (TPSA) is 29.1 Å². The molecule has 0 bridgehead atoms. The van der Waals surface area contributed by atoms with E-state index in [2.05, 4.69) is 53.3 Å². The van der Waals surface area contributed by atoms with E-state index in [9.17, 15) is 4.79 Å². The lowest BCUT2D eigenvalue weighted by molar-refractivity contribution is 0.0951. The van der Waals surface area contributed by atoms with Gasteiger partial charge in [-0.1, -0.05) is 51.8 Å². The summed E-state index contributed by atoms with van der Waals surface area (Å²) in [5.41, 5.74) is 5.37. The van der Waals surface area contributed by atoms with Crippen LogP contribution in [0.2, 0.25) is 0 Å². The van der Waals surface area contributed by atoms with Gasteiger partial charge in [0, 0.05) is 17.4 Å². The molecule has 0 radical (unpaired) electrons. The van der Waals surface area contributed by atoms with Crippen LogP contribution in [0.1, 0.15) is 32.6 Å². The summed E-state index contributed by atoms with van der Waals surface area (Å²) in [5.74, 6) is -0.0336. The van der Waals surface area contributed by atoms with Crippen LogP contribution >= 0.6 is 15.9 Å². The Labute approximate surface area is 128 Å². The van der Waals surface area contributed by atoms with E-state index in [0.29, 0.717) is 12.1 Å². The molecule has 0 saturated heterocycles. The molecule has 0 saturated carbocycles. The van der Waals surface area contributed by atoms with Gasteiger partial charge in [0.05, 0.1) is 0 Å². The van der Waals surface area contributed by atoms with Gasteiger partial charge in [-0.25, -0.2) is 0 Å². The molecule has 2 aromatic rings. The van der Waals surface area contributed by atoms with Crippen molar-refractivity contribution >= 4 is 21.8 Å².